The van der Waals surface area contributed by atoms with Crippen molar-refractivity contribution < 1.29 is 28.0 Å². The van der Waals surface area contributed by atoms with Gasteiger partial charge in [-0.1, -0.05) is 12.1 Å². The van der Waals surface area contributed by atoms with Gasteiger partial charge in [0.2, 0.25) is 0 Å². The SMILES string of the molecule is CN1CCC(c2ccc(B3OC(C)(C)C(C)(C)O3)cc2F)CC1.Nc1ccc(Br)c(F)c1C(=O)O. The molecule has 0 spiro atoms. The molecule has 2 fully saturated rings. The number of piperidine rings is 1. The molecular formula is C25H32BBrF2N2O4. The van der Waals surface area contributed by atoms with Crippen LogP contribution in [0.5, 0.6) is 0 Å². The second kappa shape index (κ2) is 10.5. The van der Waals surface area contributed by atoms with Gasteiger partial charge in [-0.3, -0.25) is 0 Å². The number of nitrogens with zero attached hydrogens (tertiary/aromatic N) is 1. The number of benzene rings is 2. The lowest BCUT2D eigenvalue weighted by atomic mass is 9.77. The molecule has 0 atom stereocenters. The molecule has 2 aliphatic rings. The predicted molar refractivity (Wildman–Crippen MR) is 137 cm³/mol. The van der Waals surface area contributed by atoms with Crippen molar-refractivity contribution in [3.63, 3.8) is 0 Å². The Bertz CT molecular complexity index is 1080. The van der Waals surface area contributed by atoms with E-state index in [0.717, 1.165) is 37.0 Å². The van der Waals surface area contributed by atoms with E-state index in [4.69, 9.17) is 20.1 Å². The van der Waals surface area contributed by atoms with E-state index in [0.29, 0.717) is 5.92 Å². The quantitative estimate of drug-likeness (QED) is 0.420. The van der Waals surface area contributed by atoms with Gasteiger partial charge in [-0.25, -0.2) is 13.6 Å². The fourth-order valence-electron chi connectivity index (χ4n) is 4.10. The van der Waals surface area contributed by atoms with Crippen molar-refractivity contribution in [2.45, 2.75) is 57.7 Å². The standard InChI is InChI=1S/C18H27BFNO2.C7H5BrFNO2/c1-17(2)18(3,4)23-19(22-17)14-6-7-15(16(20)12-14)13-8-10-21(5)11-9-13;8-3-1-2-4(10)5(6(3)9)7(11)12/h6-7,12-13H,8-11H2,1-5H3;1-2H,10H2,(H,11,12). The summed E-state index contributed by atoms with van der Waals surface area (Å²) in [6, 6.07) is 8.16. The summed E-state index contributed by atoms with van der Waals surface area (Å²) in [6.45, 7) is 10.1. The zero-order chi connectivity index (χ0) is 26.1. The molecule has 0 unspecified atom stereocenters. The first-order valence-corrected chi connectivity index (χ1v) is 12.3. The van der Waals surface area contributed by atoms with Crippen molar-refractivity contribution in [3.05, 3.63) is 57.6 Å². The summed E-state index contributed by atoms with van der Waals surface area (Å²) in [6.07, 6.45) is 2.03. The van der Waals surface area contributed by atoms with Gasteiger partial charge in [0.05, 0.1) is 15.7 Å². The van der Waals surface area contributed by atoms with E-state index in [1.807, 2.05) is 39.8 Å². The van der Waals surface area contributed by atoms with Gasteiger partial charge < -0.3 is 25.0 Å². The number of nitrogens with two attached hydrogens (primary N) is 1. The topological polar surface area (TPSA) is 85.0 Å². The van der Waals surface area contributed by atoms with Crippen molar-refractivity contribution in [2.75, 3.05) is 25.9 Å². The highest BCUT2D eigenvalue weighted by molar-refractivity contribution is 9.10. The third-order valence-electron chi connectivity index (χ3n) is 7.05. The molecule has 0 bridgehead atoms. The lowest BCUT2D eigenvalue weighted by molar-refractivity contribution is 0.00578. The molecule has 2 heterocycles. The Morgan fingerprint density at radius 2 is 1.69 bits per heavy atom. The maximum atomic E-state index is 14.6. The highest BCUT2D eigenvalue weighted by Crippen LogP contribution is 2.37. The minimum atomic E-state index is -1.37. The Hall–Kier alpha value is -2.01. The second-order valence-corrected chi connectivity index (χ2v) is 10.9. The van der Waals surface area contributed by atoms with Crippen molar-refractivity contribution in [1.29, 1.82) is 0 Å². The largest absolute Gasteiger partial charge is 0.494 e. The van der Waals surface area contributed by atoms with Gasteiger partial charge in [0, 0.05) is 5.69 Å². The normalized spacial score (nSPS) is 19.8. The minimum absolute atomic E-state index is 0.0804. The number of aromatic carboxylic acids is 1. The number of hydrogen-bond acceptors (Lipinski definition) is 5. The van der Waals surface area contributed by atoms with Crippen LogP contribution >= 0.6 is 15.9 Å². The highest BCUT2D eigenvalue weighted by atomic mass is 79.9. The van der Waals surface area contributed by atoms with Crippen LogP contribution in [0, 0.1) is 11.6 Å². The van der Waals surface area contributed by atoms with Crippen molar-refractivity contribution in [2.24, 2.45) is 0 Å². The number of hydrogen-bond donors (Lipinski definition) is 2. The Balaban J connectivity index is 0.000000241. The van der Waals surface area contributed by atoms with Crippen LogP contribution in [-0.4, -0.2) is 54.4 Å². The summed E-state index contributed by atoms with van der Waals surface area (Å²) in [4.78, 5) is 12.8. The molecular weight excluding hydrogens is 521 g/mol. The number of halogens is 3. The van der Waals surface area contributed by atoms with Crippen LogP contribution in [0.3, 0.4) is 0 Å². The number of carboxylic acids is 1. The van der Waals surface area contributed by atoms with Crippen LogP contribution in [0.1, 0.15) is 62.4 Å². The van der Waals surface area contributed by atoms with Gasteiger partial charge >= 0.3 is 13.1 Å². The van der Waals surface area contributed by atoms with Crippen LogP contribution in [0.15, 0.2) is 34.8 Å². The first kappa shape index (κ1) is 27.6. The lowest BCUT2D eigenvalue weighted by Crippen LogP contribution is -2.41. The Kier molecular flexibility index (Phi) is 8.31. The molecule has 2 saturated heterocycles. The number of rotatable bonds is 3. The Morgan fingerprint density at radius 3 is 2.17 bits per heavy atom. The molecule has 4 rings (SSSR count). The molecule has 190 valence electrons. The zero-order valence-electron chi connectivity index (χ0n) is 20.7. The van der Waals surface area contributed by atoms with Gasteiger partial charge in [-0.05, 0) is 112 Å². The van der Waals surface area contributed by atoms with E-state index in [1.54, 1.807) is 6.07 Å². The van der Waals surface area contributed by atoms with Gasteiger partial charge in [0.15, 0.2) is 5.82 Å². The molecule has 6 nitrogen and oxygen atoms in total. The summed E-state index contributed by atoms with van der Waals surface area (Å²) < 4.78 is 39.8. The summed E-state index contributed by atoms with van der Waals surface area (Å²) in [5.41, 5.74) is 5.46. The summed E-state index contributed by atoms with van der Waals surface area (Å²) in [7, 11) is 1.62. The lowest BCUT2D eigenvalue weighted by Gasteiger charge is -2.32. The molecule has 0 aliphatic carbocycles. The van der Waals surface area contributed by atoms with Crippen LogP contribution in [0.4, 0.5) is 14.5 Å². The van der Waals surface area contributed by atoms with Crippen LogP contribution in [0.25, 0.3) is 0 Å². The van der Waals surface area contributed by atoms with Gasteiger partial charge in [0.1, 0.15) is 11.4 Å². The third-order valence-corrected chi connectivity index (χ3v) is 7.66. The Morgan fingerprint density at radius 1 is 1.11 bits per heavy atom. The van der Waals surface area contributed by atoms with Crippen molar-refractivity contribution >= 4 is 40.2 Å². The molecule has 35 heavy (non-hydrogen) atoms. The number of nitrogen functional groups attached to an aromatic ring is 1. The third kappa shape index (κ3) is 6.05. The van der Waals surface area contributed by atoms with E-state index < -0.39 is 35.7 Å². The molecule has 2 aliphatic heterocycles. The Labute approximate surface area is 214 Å². The maximum absolute atomic E-state index is 14.6. The number of likely N-dealkylation sites (tertiary alicyclic amines) is 1. The number of anilines is 1. The van der Waals surface area contributed by atoms with Gasteiger partial charge in [0.25, 0.3) is 0 Å². The minimum Gasteiger partial charge on any atom is -0.478 e. The van der Waals surface area contributed by atoms with Crippen LogP contribution in [-0.2, 0) is 9.31 Å². The second-order valence-electron chi connectivity index (χ2n) is 10.1. The maximum Gasteiger partial charge on any atom is 0.494 e. The van der Waals surface area contributed by atoms with Crippen molar-refractivity contribution in [1.82, 2.24) is 4.90 Å². The zero-order valence-corrected chi connectivity index (χ0v) is 22.3. The molecule has 0 amide bonds. The number of carboxylic acid groups (broad SMARTS) is 1. The fourth-order valence-corrected chi connectivity index (χ4v) is 4.43. The molecule has 2 aromatic rings. The predicted octanol–water partition coefficient (Wildman–Crippen LogP) is 4.80. The number of carbonyl (C=O) groups is 1. The van der Waals surface area contributed by atoms with E-state index >= 15 is 0 Å². The van der Waals surface area contributed by atoms with Crippen LogP contribution in [0.2, 0.25) is 0 Å². The monoisotopic (exact) mass is 552 g/mol. The molecule has 0 saturated carbocycles. The van der Waals surface area contributed by atoms with Crippen molar-refractivity contribution in [3.8, 4) is 0 Å². The molecule has 10 heteroatoms. The average Bonchev–Trinajstić information content (AvgIpc) is 2.99. The smallest absolute Gasteiger partial charge is 0.478 e. The van der Waals surface area contributed by atoms with E-state index in [1.165, 1.54) is 12.1 Å². The fraction of sp³-hybridized carbons (Fsp3) is 0.480. The van der Waals surface area contributed by atoms with E-state index in [2.05, 4.69) is 27.9 Å². The molecule has 0 radical (unpaired) electrons. The summed E-state index contributed by atoms with van der Waals surface area (Å²) >= 11 is 2.85. The summed E-state index contributed by atoms with van der Waals surface area (Å²) in [5, 5.41) is 8.53. The van der Waals surface area contributed by atoms with E-state index in [9.17, 15) is 13.6 Å². The highest BCUT2D eigenvalue weighted by Gasteiger charge is 2.51. The van der Waals surface area contributed by atoms with Gasteiger partial charge in [-0.15, -0.1) is 0 Å². The first-order valence-electron chi connectivity index (χ1n) is 11.5. The average molecular weight is 553 g/mol. The van der Waals surface area contributed by atoms with E-state index in [-0.39, 0.29) is 16.0 Å². The molecule has 2 aromatic carbocycles. The van der Waals surface area contributed by atoms with Gasteiger partial charge in [-0.2, -0.15) is 0 Å². The first-order chi connectivity index (χ1) is 16.2. The van der Waals surface area contributed by atoms with Crippen LogP contribution < -0.4 is 11.2 Å². The summed E-state index contributed by atoms with van der Waals surface area (Å²) in [5.74, 6) is -2.03. The molecule has 3 N–H and O–H groups in total. The molecule has 0 aromatic heterocycles.